The molecule has 4 bridgehead atoms. The van der Waals surface area contributed by atoms with E-state index in [0.717, 1.165) is 25.7 Å². The molecule has 98 heavy (non-hydrogen) atoms. The van der Waals surface area contributed by atoms with Crippen molar-refractivity contribution in [1.82, 2.24) is 0 Å². The molecule has 20 heteroatoms. The van der Waals surface area contributed by atoms with Crippen molar-refractivity contribution in [2.24, 2.45) is 47.3 Å². The van der Waals surface area contributed by atoms with E-state index in [9.17, 15) is 50.4 Å². The fourth-order valence-electron chi connectivity index (χ4n) is 15.3. The van der Waals surface area contributed by atoms with Crippen molar-refractivity contribution < 1.29 is 97.8 Å². The summed E-state index contributed by atoms with van der Waals surface area (Å²) in [6.07, 6.45) is 14.1. The molecule has 0 spiro atoms. The number of cyclic esters (lactones) is 2. The van der Waals surface area contributed by atoms with Gasteiger partial charge in [0.15, 0.2) is 0 Å². The highest BCUT2D eigenvalue weighted by molar-refractivity contribution is 5.83. The molecule has 0 amide bonds. The summed E-state index contributed by atoms with van der Waals surface area (Å²) in [4.78, 5) is 27.8. The van der Waals surface area contributed by atoms with Crippen LogP contribution in [0, 0.1) is 47.3 Å². The molecule has 0 saturated carbocycles. The Kier molecular flexibility index (Phi) is 37.6. The molecule has 8 N–H and O–H groups in total. The minimum atomic E-state index is -1.16. The summed E-state index contributed by atoms with van der Waals surface area (Å²) in [5.74, 6) is -5.50. The summed E-state index contributed by atoms with van der Waals surface area (Å²) >= 11 is 0. The van der Waals surface area contributed by atoms with Gasteiger partial charge in [0.05, 0.1) is 122 Å². The summed E-state index contributed by atoms with van der Waals surface area (Å²) in [6, 6.07) is 0. The van der Waals surface area contributed by atoms with E-state index in [-0.39, 0.29) is 99.2 Å². The van der Waals surface area contributed by atoms with Crippen LogP contribution < -0.4 is 0 Å². The van der Waals surface area contributed by atoms with Crippen molar-refractivity contribution in [3.05, 3.63) is 71.9 Å². The van der Waals surface area contributed by atoms with Gasteiger partial charge in [-0.3, -0.25) is 0 Å². The molecule has 5 aliphatic rings. The monoisotopic (exact) mass is 1390 g/mol. The van der Waals surface area contributed by atoms with Crippen LogP contribution in [-0.4, -0.2) is 216 Å². The summed E-state index contributed by atoms with van der Waals surface area (Å²) in [6.45, 7) is 22.5. The van der Waals surface area contributed by atoms with Crippen LogP contribution >= 0.6 is 0 Å². The van der Waals surface area contributed by atoms with Crippen molar-refractivity contribution in [2.75, 3.05) is 28.4 Å². The maximum atomic E-state index is 13.9. The van der Waals surface area contributed by atoms with Crippen LogP contribution in [-0.2, 0) is 57.0 Å². The van der Waals surface area contributed by atoms with Crippen molar-refractivity contribution in [2.45, 2.75) is 333 Å². The number of ether oxygens (including phenoxy) is 10. The average molecular weight is 1390 g/mol. The van der Waals surface area contributed by atoms with Gasteiger partial charge in [-0.05, 0) is 129 Å². The third-order valence-corrected chi connectivity index (χ3v) is 22.3. The van der Waals surface area contributed by atoms with E-state index in [0.29, 0.717) is 62.5 Å². The summed E-state index contributed by atoms with van der Waals surface area (Å²) in [5.41, 5.74) is 1.39. The molecule has 0 aromatic rings. The molecule has 2 fully saturated rings. The Hall–Kier alpha value is -3.26. The van der Waals surface area contributed by atoms with Gasteiger partial charge in [0.25, 0.3) is 0 Å². The lowest BCUT2D eigenvalue weighted by molar-refractivity contribution is -0.158. The fourth-order valence-corrected chi connectivity index (χ4v) is 15.3. The highest BCUT2D eigenvalue weighted by Gasteiger charge is 2.42. The van der Waals surface area contributed by atoms with Crippen LogP contribution in [0.25, 0.3) is 0 Å². The molecule has 5 aliphatic heterocycles. The van der Waals surface area contributed by atoms with Crippen molar-refractivity contribution in [3.63, 3.8) is 0 Å². The quantitative estimate of drug-likeness (QED) is 0.0527. The lowest BCUT2D eigenvalue weighted by Gasteiger charge is -2.38. The number of esters is 2. The topological polar surface area (TPSA) is 288 Å². The van der Waals surface area contributed by atoms with Crippen LogP contribution in [0.5, 0.6) is 0 Å². The Bertz CT molecular complexity index is 2320. The smallest absolute Gasteiger partial charge is 0.331 e. The number of allylic oxidation sites excluding steroid dienone is 4. The Labute approximate surface area is 587 Å². The molecule has 2 saturated heterocycles. The zero-order valence-electron chi connectivity index (χ0n) is 62.3. The maximum absolute atomic E-state index is 13.9. The van der Waals surface area contributed by atoms with E-state index in [1.807, 2.05) is 106 Å². The standard InChI is InChI=1S/C78H132O20/c1-45-23-29-57(79)37-59-19-17-21-61(95-59)41-71(91-15)52(8)68(82)44-70(84)54(10)78(56(12)76(88)48(4)28-32-64-40-66(90-14)36-50(6)94-64)98-74(86)34-26-46(2)24-30-58(80)38-60-20-18-22-62(96-60)42-72(92-16)51(7)67(81)43-69(83)53(9)77(97-73(85)33-25-45)55(11)75(87)47(3)27-31-63-39-65(89-13)35-49(5)93-63/h17-20,23-26,33-34,47-72,75-84,87-88H,21-22,27-32,35-44H2,1-16H3/b33-25-,34-26+,45-23+,46-24+/t47-,48-,49-,50-,51-,52-,53-,54-,55-,56-,57-,58-,59-,60-,61-,62-,63-,64-,65+,66+,67-,68-,69+,70+,71-,72-,75-,76-,77-,78-/m0/s1. The molecule has 5 rings (SSSR count). The van der Waals surface area contributed by atoms with E-state index < -0.39 is 133 Å². The molecule has 20 nitrogen and oxygen atoms in total. The number of hydrogen-bond acceptors (Lipinski definition) is 20. The van der Waals surface area contributed by atoms with Gasteiger partial charge in [-0.2, -0.15) is 0 Å². The first kappa shape index (κ1) is 85.4. The number of carbonyl (C=O) groups is 2. The van der Waals surface area contributed by atoms with Gasteiger partial charge in [0.1, 0.15) is 12.2 Å². The molecule has 5 heterocycles. The first-order valence-electron chi connectivity index (χ1n) is 37.1. The normalized spacial score (nSPS) is 41.1. The third kappa shape index (κ3) is 28.1. The van der Waals surface area contributed by atoms with Crippen LogP contribution in [0.1, 0.15) is 199 Å². The van der Waals surface area contributed by atoms with Gasteiger partial charge in [-0.15, -0.1) is 0 Å². The molecule has 0 radical (unpaired) electrons. The summed E-state index contributed by atoms with van der Waals surface area (Å²) in [7, 11) is 6.58. The molecule has 30 atom stereocenters. The van der Waals surface area contributed by atoms with Gasteiger partial charge < -0.3 is 88.2 Å². The van der Waals surface area contributed by atoms with Crippen molar-refractivity contribution in [1.29, 1.82) is 0 Å². The Morgan fingerprint density at radius 1 is 0.449 bits per heavy atom. The highest BCUT2D eigenvalue weighted by atomic mass is 16.6. The van der Waals surface area contributed by atoms with Gasteiger partial charge >= 0.3 is 11.9 Å². The Morgan fingerprint density at radius 3 is 1.15 bits per heavy atom. The second-order valence-electron chi connectivity index (χ2n) is 30.3. The first-order chi connectivity index (χ1) is 46.4. The minimum Gasteiger partial charge on any atom is -0.458 e. The number of carbonyl (C=O) groups excluding carboxylic acids is 2. The van der Waals surface area contributed by atoms with Crippen LogP contribution in [0.2, 0.25) is 0 Å². The number of rotatable bonds is 16. The van der Waals surface area contributed by atoms with E-state index in [1.54, 1.807) is 54.4 Å². The fraction of sp³-hybridized carbons (Fsp3) is 0.821. The van der Waals surface area contributed by atoms with Crippen molar-refractivity contribution in [3.8, 4) is 0 Å². The predicted octanol–water partition coefficient (Wildman–Crippen LogP) is 10.1. The second kappa shape index (κ2) is 43.1. The van der Waals surface area contributed by atoms with E-state index >= 15 is 0 Å². The Morgan fingerprint density at radius 2 is 0.806 bits per heavy atom. The second-order valence-corrected chi connectivity index (χ2v) is 30.3. The largest absolute Gasteiger partial charge is 0.458 e. The number of hydrogen-bond donors (Lipinski definition) is 8. The number of aliphatic hydroxyl groups excluding tert-OH is 8. The number of fused-ring (bicyclic) bond motifs is 4. The van der Waals surface area contributed by atoms with Gasteiger partial charge in [-0.25, -0.2) is 9.59 Å². The lowest BCUT2D eigenvalue weighted by atomic mass is 9.78. The molecule has 0 aromatic heterocycles. The van der Waals surface area contributed by atoms with Gasteiger partial charge in [0.2, 0.25) is 0 Å². The molecule has 0 aliphatic carbocycles. The molecule has 0 unspecified atom stereocenters. The molecular formula is C78H132O20. The summed E-state index contributed by atoms with van der Waals surface area (Å²) < 4.78 is 61.3. The zero-order chi connectivity index (χ0) is 72.5. The van der Waals surface area contributed by atoms with Crippen molar-refractivity contribution >= 4 is 11.9 Å². The minimum absolute atomic E-state index is 0.0293. The third-order valence-electron chi connectivity index (χ3n) is 22.3. The molecular weight excluding hydrogens is 1260 g/mol. The maximum Gasteiger partial charge on any atom is 0.331 e. The highest BCUT2D eigenvalue weighted by Crippen LogP contribution is 2.37. The molecule has 564 valence electrons. The average Bonchev–Trinajstić information content (AvgIpc) is 0.853. The van der Waals surface area contributed by atoms with Crippen LogP contribution in [0.15, 0.2) is 71.9 Å². The number of aliphatic hydroxyl groups is 8. The van der Waals surface area contributed by atoms with Crippen LogP contribution in [0.4, 0.5) is 0 Å². The Balaban J connectivity index is 1.36. The SMILES string of the molecule is CO[C@H]1C[C@H](CC[C@H](C)[C@H](O)[C@H](C)[C@H]2OC(=O)/C=C\C(C)=C\C[C@H](O)C[C@@H]3C=CC[C@@H](C[C@H](OC)[C@@H](C)[C@@H](O)C[C@@H](O)[C@H](C)[C@@H]([C@@H](C)[C@@H](O)[C@@H](C)CC[C@H]4C[C@H](OC)C[C@H](C)O4)OC(=O)/C=C/C(C)=C/C[C@H](O)C[C@@H]4C=CC[C@@H](C[C@H](OC)[C@@H](C)[C@@H](O)C[C@@H](O)[C@@H]2C)O4)O3)O[C@@H](C)C1. The number of methoxy groups -OCH3 is 4. The zero-order valence-corrected chi connectivity index (χ0v) is 62.3. The van der Waals surface area contributed by atoms with E-state index in [2.05, 4.69) is 0 Å². The molecule has 0 aromatic carbocycles. The van der Waals surface area contributed by atoms with Gasteiger partial charge in [0, 0.05) is 102 Å². The van der Waals surface area contributed by atoms with E-state index in [4.69, 9.17) is 47.4 Å². The first-order valence-corrected chi connectivity index (χ1v) is 37.1. The van der Waals surface area contributed by atoms with Gasteiger partial charge in [-0.1, -0.05) is 115 Å². The van der Waals surface area contributed by atoms with E-state index in [1.165, 1.54) is 12.2 Å². The lowest BCUT2D eigenvalue weighted by Crippen LogP contribution is -2.45. The van der Waals surface area contributed by atoms with Crippen LogP contribution in [0.3, 0.4) is 0 Å². The predicted molar refractivity (Wildman–Crippen MR) is 377 cm³/mol. The summed E-state index contributed by atoms with van der Waals surface area (Å²) in [5, 5.41) is 94.4.